The summed E-state index contributed by atoms with van der Waals surface area (Å²) in [7, 11) is 0. The Morgan fingerprint density at radius 2 is 1.15 bits per heavy atom. The standard InChI is InChI=1S/C20H22/c1-5-15-9-3-11-19(15)17(7-1)13-14-18-8-2-6-16-10-4-12-20(16)18/h3-4,9-12H,1-2,5-8,13-14H2. The van der Waals surface area contributed by atoms with Gasteiger partial charge in [0.25, 0.3) is 0 Å². The fraction of sp³-hybridized carbons (Fsp3) is 0.400. The lowest BCUT2D eigenvalue weighted by atomic mass is 9.83. The summed E-state index contributed by atoms with van der Waals surface area (Å²) in [4.78, 5) is 0. The van der Waals surface area contributed by atoms with E-state index in [1.54, 1.807) is 33.4 Å². The molecule has 0 nitrogen and oxygen atoms in total. The first-order valence-corrected chi connectivity index (χ1v) is 8.11. The van der Waals surface area contributed by atoms with Crippen molar-refractivity contribution in [2.45, 2.75) is 51.4 Å². The summed E-state index contributed by atoms with van der Waals surface area (Å²) in [6.45, 7) is 0. The summed E-state index contributed by atoms with van der Waals surface area (Å²) in [6.07, 6.45) is 24.2. The highest BCUT2D eigenvalue weighted by Gasteiger charge is 2.20. The van der Waals surface area contributed by atoms with Crippen LogP contribution in [0.5, 0.6) is 0 Å². The van der Waals surface area contributed by atoms with Gasteiger partial charge in [-0.05, 0) is 73.7 Å². The van der Waals surface area contributed by atoms with E-state index >= 15 is 0 Å². The third-order valence-electron chi connectivity index (χ3n) is 5.15. The zero-order valence-electron chi connectivity index (χ0n) is 12.1. The molecule has 0 spiro atoms. The van der Waals surface area contributed by atoms with E-state index in [0.717, 1.165) is 0 Å². The van der Waals surface area contributed by atoms with Crippen molar-refractivity contribution in [3.63, 3.8) is 0 Å². The minimum Gasteiger partial charge on any atom is -0.0624 e. The van der Waals surface area contributed by atoms with Crippen LogP contribution in [0.25, 0.3) is 0 Å². The third kappa shape index (κ3) is 2.08. The van der Waals surface area contributed by atoms with Crippen molar-refractivity contribution >= 4 is 0 Å². The Morgan fingerprint density at radius 1 is 0.650 bits per heavy atom. The fourth-order valence-electron chi connectivity index (χ4n) is 4.12. The highest BCUT2D eigenvalue weighted by Crippen LogP contribution is 2.39. The molecule has 0 saturated heterocycles. The zero-order chi connectivity index (χ0) is 13.4. The van der Waals surface area contributed by atoms with E-state index in [1.807, 2.05) is 0 Å². The predicted molar refractivity (Wildman–Crippen MR) is 85.4 cm³/mol. The van der Waals surface area contributed by atoms with Gasteiger partial charge in [-0.1, -0.05) is 47.6 Å². The number of hydrogen-bond acceptors (Lipinski definition) is 0. The van der Waals surface area contributed by atoms with Gasteiger partial charge in [-0.15, -0.1) is 0 Å². The topological polar surface area (TPSA) is 0 Å². The maximum Gasteiger partial charge on any atom is -0.0232 e. The van der Waals surface area contributed by atoms with Crippen LogP contribution in [0.2, 0.25) is 0 Å². The van der Waals surface area contributed by atoms with Crippen LogP contribution >= 0.6 is 0 Å². The van der Waals surface area contributed by atoms with Crippen LogP contribution in [0.1, 0.15) is 51.4 Å². The van der Waals surface area contributed by atoms with Crippen LogP contribution < -0.4 is 0 Å². The lowest BCUT2D eigenvalue weighted by Crippen LogP contribution is -2.04. The van der Waals surface area contributed by atoms with Gasteiger partial charge in [0.1, 0.15) is 0 Å². The second-order valence-corrected chi connectivity index (χ2v) is 6.34. The number of allylic oxidation sites excluding steroid dienone is 12. The first-order chi connectivity index (χ1) is 9.92. The lowest BCUT2D eigenvalue weighted by Gasteiger charge is -2.22. The van der Waals surface area contributed by atoms with Gasteiger partial charge < -0.3 is 0 Å². The third-order valence-corrected chi connectivity index (χ3v) is 5.15. The molecule has 0 heterocycles. The van der Waals surface area contributed by atoms with Gasteiger partial charge in [-0.25, -0.2) is 0 Å². The average Bonchev–Trinajstić information content (AvgIpc) is 3.13. The van der Waals surface area contributed by atoms with Crippen LogP contribution in [0.4, 0.5) is 0 Å². The van der Waals surface area contributed by atoms with E-state index in [9.17, 15) is 0 Å². The summed E-state index contributed by atoms with van der Waals surface area (Å²) in [5, 5.41) is 0. The van der Waals surface area contributed by atoms with Gasteiger partial charge in [0, 0.05) is 0 Å². The monoisotopic (exact) mass is 262 g/mol. The second-order valence-electron chi connectivity index (χ2n) is 6.34. The summed E-state index contributed by atoms with van der Waals surface area (Å²) in [5.74, 6) is 0. The molecule has 0 fully saturated rings. The molecule has 0 aliphatic heterocycles. The Labute approximate surface area is 122 Å². The first-order valence-electron chi connectivity index (χ1n) is 8.11. The molecule has 0 atom stereocenters. The Kier molecular flexibility index (Phi) is 3.10. The SMILES string of the molecule is C1=CC2=C(CCC3=C4C=CC=C4CCC3)CCCC2=C1. The van der Waals surface area contributed by atoms with Crippen molar-refractivity contribution < 1.29 is 0 Å². The van der Waals surface area contributed by atoms with Gasteiger partial charge in [0.05, 0.1) is 0 Å². The molecule has 0 aromatic heterocycles. The minimum atomic E-state index is 1.27. The summed E-state index contributed by atoms with van der Waals surface area (Å²) in [5.41, 5.74) is 9.76. The Balaban J connectivity index is 1.54. The molecule has 4 aliphatic carbocycles. The van der Waals surface area contributed by atoms with Crippen LogP contribution in [0.15, 0.2) is 69.9 Å². The maximum atomic E-state index is 2.34. The van der Waals surface area contributed by atoms with Crippen LogP contribution in [0.3, 0.4) is 0 Å². The van der Waals surface area contributed by atoms with Crippen molar-refractivity contribution in [1.82, 2.24) is 0 Å². The fourth-order valence-corrected chi connectivity index (χ4v) is 4.12. The second kappa shape index (κ2) is 5.09. The van der Waals surface area contributed by atoms with E-state index < -0.39 is 0 Å². The Bertz CT molecular complexity index is 558. The molecular formula is C20H22. The molecule has 0 heteroatoms. The average molecular weight is 262 g/mol. The molecule has 20 heavy (non-hydrogen) atoms. The molecule has 4 rings (SSSR count). The Morgan fingerprint density at radius 3 is 1.65 bits per heavy atom. The van der Waals surface area contributed by atoms with Gasteiger partial charge in [-0.2, -0.15) is 0 Å². The quantitative estimate of drug-likeness (QED) is 0.610. The zero-order valence-corrected chi connectivity index (χ0v) is 12.1. The number of fused-ring (bicyclic) bond motifs is 2. The van der Waals surface area contributed by atoms with Gasteiger partial charge in [0.2, 0.25) is 0 Å². The smallest absolute Gasteiger partial charge is 0.0232 e. The van der Waals surface area contributed by atoms with E-state index in [1.165, 1.54) is 51.4 Å². The van der Waals surface area contributed by atoms with Crippen molar-refractivity contribution in [2.75, 3.05) is 0 Å². The minimum absolute atomic E-state index is 1.27. The van der Waals surface area contributed by atoms with E-state index in [2.05, 4.69) is 36.5 Å². The van der Waals surface area contributed by atoms with E-state index in [0.29, 0.717) is 0 Å². The molecule has 102 valence electrons. The number of hydrogen-bond donors (Lipinski definition) is 0. The van der Waals surface area contributed by atoms with E-state index in [-0.39, 0.29) is 0 Å². The van der Waals surface area contributed by atoms with Crippen LogP contribution in [0, 0.1) is 0 Å². The molecule has 0 N–H and O–H groups in total. The molecule has 0 radical (unpaired) electrons. The van der Waals surface area contributed by atoms with Crippen molar-refractivity contribution in [2.24, 2.45) is 0 Å². The van der Waals surface area contributed by atoms with Crippen LogP contribution in [-0.2, 0) is 0 Å². The molecule has 0 bridgehead atoms. The molecule has 0 aromatic carbocycles. The van der Waals surface area contributed by atoms with Gasteiger partial charge >= 0.3 is 0 Å². The summed E-state index contributed by atoms with van der Waals surface area (Å²) >= 11 is 0. The van der Waals surface area contributed by atoms with Crippen molar-refractivity contribution in [3.05, 3.63) is 69.9 Å². The van der Waals surface area contributed by atoms with Crippen molar-refractivity contribution in [1.29, 1.82) is 0 Å². The molecular weight excluding hydrogens is 240 g/mol. The highest BCUT2D eigenvalue weighted by atomic mass is 14.3. The summed E-state index contributed by atoms with van der Waals surface area (Å²) in [6, 6.07) is 0. The normalized spacial score (nSPS) is 24.0. The largest absolute Gasteiger partial charge is 0.0624 e. The Hall–Kier alpha value is -1.56. The van der Waals surface area contributed by atoms with Crippen molar-refractivity contribution in [3.8, 4) is 0 Å². The highest BCUT2D eigenvalue weighted by molar-refractivity contribution is 5.54. The molecule has 0 saturated carbocycles. The predicted octanol–water partition coefficient (Wildman–Crippen LogP) is 5.72. The van der Waals surface area contributed by atoms with Crippen LogP contribution in [-0.4, -0.2) is 0 Å². The molecule has 4 aliphatic rings. The van der Waals surface area contributed by atoms with Gasteiger partial charge in [0.15, 0.2) is 0 Å². The first kappa shape index (κ1) is 12.2. The lowest BCUT2D eigenvalue weighted by molar-refractivity contribution is 0.692. The number of rotatable bonds is 3. The molecule has 0 amide bonds. The van der Waals surface area contributed by atoms with Gasteiger partial charge in [-0.3, -0.25) is 0 Å². The van der Waals surface area contributed by atoms with E-state index in [4.69, 9.17) is 0 Å². The maximum absolute atomic E-state index is 2.34. The summed E-state index contributed by atoms with van der Waals surface area (Å²) < 4.78 is 0. The molecule has 0 aromatic rings. The molecule has 0 unspecified atom stereocenters.